The van der Waals surface area contributed by atoms with Gasteiger partial charge in [-0.15, -0.1) is 0 Å². The lowest BCUT2D eigenvalue weighted by Gasteiger charge is -2.19. The van der Waals surface area contributed by atoms with E-state index in [0.717, 1.165) is 18.2 Å². The van der Waals surface area contributed by atoms with Gasteiger partial charge in [-0.25, -0.2) is 18.0 Å². The zero-order valence-electron chi connectivity index (χ0n) is 26.7. The topological polar surface area (TPSA) is 117 Å². The highest BCUT2D eigenvalue weighted by atomic mass is 35.5. The Morgan fingerprint density at radius 3 is 2.45 bits per heavy atom. The first kappa shape index (κ1) is 33.9. The van der Waals surface area contributed by atoms with E-state index in [-0.39, 0.29) is 37.2 Å². The average molecular weight is 707 g/mol. The molecule has 10 nitrogen and oxygen atoms in total. The van der Waals surface area contributed by atoms with Crippen molar-refractivity contribution >= 4 is 46.3 Å². The minimum Gasteiger partial charge on any atom is -0.456 e. The van der Waals surface area contributed by atoms with Gasteiger partial charge in [0.25, 0.3) is 0 Å². The third-order valence-electron chi connectivity index (χ3n) is 7.92. The number of fused-ring (bicyclic) bond motifs is 2. The van der Waals surface area contributed by atoms with E-state index in [1.54, 1.807) is 34.9 Å². The molecule has 47 heavy (non-hydrogen) atoms. The fraction of sp³-hybridized carbons (Fsp3) is 0.438. The number of pyridine rings is 1. The van der Waals surface area contributed by atoms with Gasteiger partial charge in [0.05, 0.1) is 23.9 Å². The van der Waals surface area contributed by atoms with Crippen molar-refractivity contribution < 1.29 is 37.0 Å². The number of hydrogen-bond acceptors (Lipinski definition) is 9. The first-order chi connectivity index (χ1) is 22.2. The summed E-state index contributed by atoms with van der Waals surface area (Å²) in [5.41, 5.74) is 2.24. The number of halogens is 3. The fourth-order valence-electron chi connectivity index (χ4n) is 5.50. The summed E-state index contributed by atoms with van der Waals surface area (Å²) in [4.78, 5) is 9.55. The molecule has 0 saturated carbocycles. The maximum Gasteiger partial charge on any atom is 0.301 e. The fourth-order valence-corrected chi connectivity index (χ4v) is 7.12. The van der Waals surface area contributed by atoms with Crippen LogP contribution in [0.5, 0.6) is 6.01 Å². The predicted octanol–water partition coefficient (Wildman–Crippen LogP) is 6.27. The number of hydrogen-bond donors (Lipinski definition) is 1. The van der Waals surface area contributed by atoms with Crippen LogP contribution in [0.3, 0.4) is 0 Å². The minimum absolute atomic E-state index is 0.0356. The summed E-state index contributed by atoms with van der Waals surface area (Å²) in [6, 6.07) is 11.6. The van der Waals surface area contributed by atoms with Crippen LogP contribution in [0.15, 0.2) is 46.8 Å². The van der Waals surface area contributed by atoms with Crippen LogP contribution in [0.2, 0.25) is 30.7 Å². The molecule has 0 radical (unpaired) electrons. The Morgan fingerprint density at radius 2 is 1.74 bits per heavy atom. The molecule has 2 fully saturated rings. The lowest BCUT2D eigenvalue weighted by molar-refractivity contribution is 0.00336. The Balaban J connectivity index is 1.32. The molecule has 0 amide bonds. The van der Waals surface area contributed by atoms with Crippen LogP contribution >= 0.6 is 11.6 Å². The van der Waals surface area contributed by atoms with E-state index in [1.165, 1.54) is 12.5 Å². The van der Waals surface area contributed by atoms with Crippen molar-refractivity contribution in [2.75, 3.05) is 32.3 Å². The maximum atomic E-state index is 15.0. The molecule has 6 rings (SSSR count). The highest BCUT2D eigenvalue weighted by molar-refractivity contribution is 7.92. The van der Waals surface area contributed by atoms with Crippen LogP contribution in [0, 0.1) is 11.6 Å². The molecule has 4 aromatic rings. The van der Waals surface area contributed by atoms with Gasteiger partial charge in [-0.1, -0.05) is 55.5 Å². The molecule has 0 spiro atoms. The summed E-state index contributed by atoms with van der Waals surface area (Å²) >= 11 is 6.72. The van der Waals surface area contributed by atoms with Gasteiger partial charge < -0.3 is 24.1 Å². The van der Waals surface area contributed by atoms with Gasteiger partial charge in [-0.2, -0.15) is 9.35 Å². The van der Waals surface area contributed by atoms with Gasteiger partial charge in [0, 0.05) is 54.1 Å². The first-order valence-corrected chi connectivity index (χ1v) is 21.6. The van der Waals surface area contributed by atoms with Crippen LogP contribution in [-0.4, -0.2) is 88.7 Å². The van der Waals surface area contributed by atoms with Crippen molar-refractivity contribution in [2.24, 2.45) is 4.36 Å². The highest BCUT2D eigenvalue weighted by Gasteiger charge is 2.49. The zero-order valence-corrected chi connectivity index (χ0v) is 29.3. The molecule has 252 valence electrons. The molecule has 2 aliphatic heterocycles. The Hall–Kier alpha value is -2.98. The maximum absolute atomic E-state index is 15.0. The van der Waals surface area contributed by atoms with Gasteiger partial charge in [0.15, 0.2) is 11.8 Å². The highest BCUT2D eigenvalue weighted by Crippen LogP contribution is 2.36. The zero-order chi connectivity index (χ0) is 33.7. The summed E-state index contributed by atoms with van der Waals surface area (Å²) < 4.78 is 71.2. The molecule has 4 heterocycles. The second-order valence-corrected chi connectivity index (χ2v) is 21.9. The number of aromatic nitrogens is 3. The summed E-state index contributed by atoms with van der Waals surface area (Å²) in [5, 5.41) is 10.5. The van der Waals surface area contributed by atoms with E-state index in [2.05, 4.69) is 29.0 Å². The van der Waals surface area contributed by atoms with E-state index in [0.29, 0.717) is 39.6 Å². The quantitative estimate of drug-likeness (QED) is 0.151. The third kappa shape index (κ3) is 7.53. The van der Waals surface area contributed by atoms with E-state index in [4.69, 9.17) is 35.5 Å². The van der Waals surface area contributed by atoms with Crippen LogP contribution < -0.4 is 4.74 Å². The number of aliphatic hydroxyl groups excluding tert-OH is 1. The molecular weight excluding hydrogens is 670 g/mol. The molecule has 4 atom stereocenters. The summed E-state index contributed by atoms with van der Waals surface area (Å²) in [6.45, 7) is 7.93. The van der Waals surface area contributed by atoms with Gasteiger partial charge >= 0.3 is 6.01 Å². The van der Waals surface area contributed by atoms with Gasteiger partial charge in [-0.05, 0) is 23.7 Å². The normalized spacial score (nSPS) is 21.4. The average Bonchev–Trinajstić information content (AvgIpc) is 3.66. The summed E-state index contributed by atoms with van der Waals surface area (Å²) in [5.74, 6) is -1.47. The second kappa shape index (κ2) is 13.1. The SMILES string of the molecule is C[Si](C)(C)CCOCn1c(O[C@@H]2CO[C@H]3[C@@H]2OC[C@H]3O)nc2cc(Cl)c(-c3ccc(-c4cc(F)c(N=S(C)(C)=O)cc4F)cc3)nc21. The Bertz CT molecular complexity index is 1920. The molecule has 2 aromatic carbocycles. The van der Waals surface area contributed by atoms with Crippen molar-refractivity contribution in [1.29, 1.82) is 0 Å². The van der Waals surface area contributed by atoms with E-state index < -0.39 is 53.9 Å². The number of aliphatic hydroxyl groups is 1. The number of rotatable bonds is 10. The molecule has 2 saturated heterocycles. The van der Waals surface area contributed by atoms with E-state index >= 15 is 4.39 Å². The Kier molecular flexibility index (Phi) is 9.48. The van der Waals surface area contributed by atoms with Crippen LogP contribution in [0.25, 0.3) is 33.5 Å². The Labute approximate surface area is 278 Å². The molecular formula is C32H37ClF2N4O6SSi. The molecule has 2 aromatic heterocycles. The first-order valence-electron chi connectivity index (χ1n) is 15.2. The number of benzene rings is 2. The molecule has 15 heteroatoms. The summed E-state index contributed by atoms with van der Waals surface area (Å²) in [6.07, 6.45) is 0.613. The van der Waals surface area contributed by atoms with Crippen LogP contribution in [0.1, 0.15) is 0 Å². The van der Waals surface area contributed by atoms with Gasteiger partial charge in [0.1, 0.15) is 47.9 Å². The molecule has 0 unspecified atom stereocenters. The largest absolute Gasteiger partial charge is 0.456 e. The van der Waals surface area contributed by atoms with Crippen molar-refractivity contribution in [3.8, 4) is 28.4 Å². The molecule has 1 N–H and O–H groups in total. The van der Waals surface area contributed by atoms with Crippen LogP contribution in [0.4, 0.5) is 14.5 Å². The van der Waals surface area contributed by atoms with Crippen molar-refractivity contribution in [3.63, 3.8) is 0 Å². The standard InChI is InChI=1S/C32H37ClF2N4O6SSi/c1-46(2,41)38-24-14-22(34)20(12-23(24)35)18-6-8-19(9-7-18)28-21(33)13-25-31(37-28)39(17-42-10-11-47(3,4)5)32(36-25)45-27-16-44-29-26(40)15-43-30(27)29/h6-9,12-14,26-27,29-30,40H,10-11,15-17H2,1-5H3/t26-,27-,29-,30-/m1/s1. The Morgan fingerprint density at radius 1 is 1.04 bits per heavy atom. The monoisotopic (exact) mass is 706 g/mol. The number of nitrogens with zero attached hydrogens (tertiary/aromatic N) is 4. The van der Waals surface area contributed by atoms with Crippen molar-refractivity contribution in [3.05, 3.63) is 59.1 Å². The van der Waals surface area contributed by atoms with Crippen LogP contribution in [-0.2, 0) is 30.7 Å². The smallest absolute Gasteiger partial charge is 0.301 e. The lowest BCUT2D eigenvalue weighted by Crippen LogP contribution is -2.35. The van der Waals surface area contributed by atoms with Gasteiger partial charge in [-0.3, -0.25) is 4.57 Å². The second-order valence-electron chi connectivity index (χ2n) is 13.3. The van der Waals surface area contributed by atoms with E-state index in [1.807, 2.05) is 0 Å². The molecule has 0 bridgehead atoms. The number of ether oxygens (including phenoxy) is 4. The van der Waals surface area contributed by atoms with E-state index in [9.17, 15) is 13.7 Å². The summed E-state index contributed by atoms with van der Waals surface area (Å²) in [7, 11) is -4.01. The van der Waals surface area contributed by atoms with Gasteiger partial charge in [0.2, 0.25) is 0 Å². The van der Waals surface area contributed by atoms with Crippen molar-refractivity contribution in [1.82, 2.24) is 14.5 Å². The molecule has 0 aliphatic carbocycles. The molecule has 2 aliphatic rings. The third-order valence-corrected chi connectivity index (χ3v) is 10.5. The number of imidazole rings is 1. The predicted molar refractivity (Wildman–Crippen MR) is 179 cm³/mol. The minimum atomic E-state index is -2.67. The van der Waals surface area contributed by atoms with Crippen molar-refractivity contribution in [2.45, 2.75) is 56.8 Å². The lowest BCUT2D eigenvalue weighted by atomic mass is 10.0.